The zero-order valence-corrected chi connectivity index (χ0v) is 27.4. The number of allylic oxidation sites excluding steroid dienone is 2. The van der Waals surface area contributed by atoms with Gasteiger partial charge in [-0.05, 0) is 51.4 Å². The minimum absolute atomic E-state index is 0.108. The van der Waals surface area contributed by atoms with E-state index < -0.39 is 11.9 Å². The molecule has 0 saturated carbocycles. The molecule has 0 aliphatic rings. The average molecular weight is 583 g/mol. The predicted molar refractivity (Wildman–Crippen MR) is 176 cm³/mol. The predicted octanol–water partition coefficient (Wildman–Crippen LogP) is 11.4. The lowest BCUT2D eigenvalue weighted by Gasteiger charge is -2.10. The summed E-state index contributed by atoms with van der Waals surface area (Å²) in [6, 6.07) is 0. The molecule has 5 heteroatoms. The van der Waals surface area contributed by atoms with Crippen LogP contribution in [-0.2, 0) is 9.59 Å². The van der Waals surface area contributed by atoms with Gasteiger partial charge in [-0.3, -0.25) is 9.59 Å². The van der Waals surface area contributed by atoms with Gasteiger partial charge in [0.25, 0.3) is 0 Å². The highest BCUT2D eigenvalue weighted by atomic mass is 16.4. The van der Waals surface area contributed by atoms with Crippen molar-refractivity contribution in [1.29, 1.82) is 0 Å². The minimum Gasteiger partial charge on any atom is -0.481 e. The molecule has 41 heavy (non-hydrogen) atoms. The average Bonchev–Trinajstić information content (AvgIpc) is 2.94. The van der Waals surface area contributed by atoms with Crippen molar-refractivity contribution >= 4 is 11.9 Å². The Labute approximate surface area is 255 Å². The molecule has 0 heterocycles. The Kier molecular flexibility index (Phi) is 37.4. The summed E-state index contributed by atoms with van der Waals surface area (Å²) in [6.45, 7) is 4.49. The fourth-order valence-corrected chi connectivity index (χ4v) is 5.01. The number of carboxylic acids is 2. The summed E-state index contributed by atoms with van der Waals surface area (Å²) in [4.78, 5) is 20.7. The molecule has 0 spiro atoms. The van der Waals surface area contributed by atoms with Crippen molar-refractivity contribution in [2.24, 2.45) is 0 Å². The number of carbonyl (C=O) groups is 2. The first-order valence-electron chi connectivity index (χ1n) is 17.7. The van der Waals surface area contributed by atoms with Crippen LogP contribution in [0.15, 0.2) is 12.2 Å². The highest BCUT2D eigenvalue weighted by molar-refractivity contribution is 5.66. The first-order valence-corrected chi connectivity index (χ1v) is 17.7. The topological polar surface area (TPSA) is 94.8 Å². The van der Waals surface area contributed by atoms with Gasteiger partial charge in [-0.15, -0.1) is 0 Å². The van der Waals surface area contributed by atoms with Crippen molar-refractivity contribution in [3.05, 3.63) is 12.2 Å². The lowest BCUT2D eigenvalue weighted by molar-refractivity contribution is -0.138. The molecule has 5 nitrogen and oxygen atoms in total. The van der Waals surface area contributed by atoms with Gasteiger partial charge in [-0.25, -0.2) is 0 Å². The van der Waals surface area contributed by atoms with Gasteiger partial charge in [0, 0.05) is 12.8 Å². The molecular formula is C36H70O5. The highest BCUT2D eigenvalue weighted by Crippen LogP contribution is 2.14. The van der Waals surface area contributed by atoms with Crippen molar-refractivity contribution < 1.29 is 24.9 Å². The summed E-state index contributed by atoms with van der Waals surface area (Å²) in [7, 11) is 0. The van der Waals surface area contributed by atoms with Gasteiger partial charge in [0.05, 0.1) is 6.10 Å². The number of aliphatic carboxylic acids is 2. The Morgan fingerprint density at radius 2 is 0.756 bits per heavy atom. The van der Waals surface area contributed by atoms with E-state index in [4.69, 9.17) is 10.2 Å². The van der Waals surface area contributed by atoms with Crippen LogP contribution in [0.1, 0.15) is 200 Å². The van der Waals surface area contributed by atoms with Crippen molar-refractivity contribution in [2.45, 2.75) is 206 Å². The summed E-state index contributed by atoms with van der Waals surface area (Å²) in [5.74, 6) is -1.35. The van der Waals surface area contributed by atoms with Gasteiger partial charge < -0.3 is 15.3 Å². The molecule has 0 aliphatic heterocycles. The molecule has 0 radical (unpaired) electrons. The van der Waals surface area contributed by atoms with E-state index in [1.807, 2.05) is 0 Å². The number of unbranched alkanes of at least 4 members (excludes halogenated alkanes) is 21. The third kappa shape index (κ3) is 43.2. The minimum atomic E-state index is -0.687. The van der Waals surface area contributed by atoms with Gasteiger partial charge in [0.1, 0.15) is 0 Å². The van der Waals surface area contributed by atoms with E-state index in [0.29, 0.717) is 12.8 Å². The van der Waals surface area contributed by atoms with Crippen LogP contribution in [0.2, 0.25) is 0 Å². The number of rotatable bonds is 31. The van der Waals surface area contributed by atoms with E-state index in [2.05, 4.69) is 26.0 Å². The lowest BCUT2D eigenvalue weighted by atomic mass is 10.0. The molecule has 244 valence electrons. The summed E-state index contributed by atoms with van der Waals surface area (Å²) >= 11 is 0. The fraction of sp³-hybridized carbons (Fsp3) is 0.889. The van der Waals surface area contributed by atoms with Crippen LogP contribution < -0.4 is 0 Å². The van der Waals surface area contributed by atoms with Crippen LogP contribution in [-0.4, -0.2) is 33.4 Å². The molecule has 0 bridgehead atoms. The van der Waals surface area contributed by atoms with Gasteiger partial charge >= 0.3 is 11.9 Å². The fourth-order valence-electron chi connectivity index (χ4n) is 5.01. The summed E-state index contributed by atoms with van der Waals surface area (Å²) < 4.78 is 0. The van der Waals surface area contributed by atoms with Crippen LogP contribution >= 0.6 is 0 Å². The monoisotopic (exact) mass is 583 g/mol. The first kappa shape index (κ1) is 41.8. The Morgan fingerprint density at radius 3 is 1.10 bits per heavy atom. The molecular weight excluding hydrogens is 512 g/mol. The number of hydrogen-bond donors (Lipinski definition) is 3. The Balaban J connectivity index is 0. The third-order valence-electron chi connectivity index (χ3n) is 7.72. The normalized spacial score (nSPS) is 11.9. The summed E-state index contributed by atoms with van der Waals surface area (Å²) in [5, 5.41) is 26.9. The van der Waals surface area contributed by atoms with E-state index >= 15 is 0 Å². The molecule has 0 aromatic heterocycles. The van der Waals surface area contributed by atoms with Crippen molar-refractivity contribution in [2.75, 3.05) is 0 Å². The molecule has 0 saturated heterocycles. The van der Waals surface area contributed by atoms with Gasteiger partial charge in [-0.1, -0.05) is 148 Å². The van der Waals surface area contributed by atoms with E-state index in [-0.39, 0.29) is 6.10 Å². The zero-order valence-electron chi connectivity index (χ0n) is 27.4. The Bertz CT molecular complexity index is 560. The molecule has 0 fully saturated rings. The quantitative estimate of drug-likeness (QED) is 0.0558. The SMILES string of the molecule is CCCCCCCC/C=C\CCCCCCCC(=O)O.CCCCCCCCC(O)CCCCCCCCC(=O)O. The number of carboxylic acid groups (broad SMARTS) is 2. The van der Waals surface area contributed by atoms with Crippen molar-refractivity contribution in [1.82, 2.24) is 0 Å². The van der Waals surface area contributed by atoms with Crippen molar-refractivity contribution in [3.8, 4) is 0 Å². The van der Waals surface area contributed by atoms with E-state index in [0.717, 1.165) is 51.4 Å². The van der Waals surface area contributed by atoms with Crippen molar-refractivity contribution in [3.63, 3.8) is 0 Å². The first-order chi connectivity index (χ1) is 19.9. The molecule has 3 N–H and O–H groups in total. The Morgan fingerprint density at radius 1 is 0.463 bits per heavy atom. The molecule has 0 amide bonds. The molecule has 0 aromatic rings. The summed E-state index contributed by atoms with van der Waals surface area (Å²) in [6.07, 6.45) is 37.4. The second kappa shape index (κ2) is 36.7. The molecule has 0 rings (SSSR count). The van der Waals surface area contributed by atoms with Gasteiger partial charge in [0.2, 0.25) is 0 Å². The maximum Gasteiger partial charge on any atom is 0.303 e. The van der Waals surface area contributed by atoms with Crippen LogP contribution in [0, 0.1) is 0 Å². The smallest absolute Gasteiger partial charge is 0.303 e. The lowest BCUT2D eigenvalue weighted by Crippen LogP contribution is -2.05. The van der Waals surface area contributed by atoms with Crippen LogP contribution in [0.3, 0.4) is 0 Å². The number of aliphatic hydroxyl groups excluding tert-OH is 1. The molecule has 0 aromatic carbocycles. The van der Waals surface area contributed by atoms with E-state index in [9.17, 15) is 14.7 Å². The van der Waals surface area contributed by atoms with Crippen LogP contribution in [0.25, 0.3) is 0 Å². The maximum absolute atomic E-state index is 10.3. The maximum atomic E-state index is 10.3. The van der Waals surface area contributed by atoms with E-state index in [1.54, 1.807) is 0 Å². The summed E-state index contributed by atoms with van der Waals surface area (Å²) in [5.41, 5.74) is 0. The van der Waals surface area contributed by atoms with Crippen LogP contribution in [0.4, 0.5) is 0 Å². The second-order valence-corrected chi connectivity index (χ2v) is 12.0. The standard InChI is InChI=1S/C18H36O3.C18H34O2/c1-2-3-4-5-8-11-14-17(19)15-12-9-6-7-10-13-16-18(20)21;1-2-3-4-5-6-7-8-9-10-11-12-13-14-15-16-17-18(19)20/h17,19H,2-16H2,1H3,(H,20,21);9-10H,2-8,11-17H2,1H3,(H,19,20)/b;10-9-. The third-order valence-corrected chi connectivity index (χ3v) is 7.72. The molecule has 1 atom stereocenters. The number of aliphatic hydroxyl groups is 1. The Hall–Kier alpha value is -1.36. The van der Waals surface area contributed by atoms with Gasteiger partial charge in [0.15, 0.2) is 0 Å². The molecule has 0 aliphatic carbocycles. The second-order valence-electron chi connectivity index (χ2n) is 12.0. The van der Waals surface area contributed by atoms with Gasteiger partial charge in [-0.2, -0.15) is 0 Å². The zero-order chi connectivity index (χ0) is 30.7. The van der Waals surface area contributed by atoms with E-state index in [1.165, 1.54) is 122 Å². The largest absolute Gasteiger partial charge is 0.481 e. The van der Waals surface area contributed by atoms with Crippen LogP contribution in [0.5, 0.6) is 0 Å². The highest BCUT2D eigenvalue weighted by Gasteiger charge is 2.04. The molecule has 1 unspecified atom stereocenters. The number of hydrogen-bond acceptors (Lipinski definition) is 3.